The SMILES string of the molecule is CCc1ccc(-c2nc(CC(=O)N3CCCC3c3ccc(F)cc3)cs2)cc1. The van der Waals surface area contributed by atoms with E-state index in [9.17, 15) is 9.18 Å². The van der Waals surface area contributed by atoms with E-state index < -0.39 is 0 Å². The molecule has 1 unspecified atom stereocenters. The van der Waals surface area contributed by atoms with Crippen molar-refractivity contribution >= 4 is 17.2 Å². The van der Waals surface area contributed by atoms with E-state index >= 15 is 0 Å². The molecule has 1 aromatic heterocycles. The zero-order valence-corrected chi connectivity index (χ0v) is 16.7. The van der Waals surface area contributed by atoms with E-state index in [2.05, 4.69) is 36.2 Å². The number of likely N-dealkylation sites (tertiary alicyclic amines) is 1. The van der Waals surface area contributed by atoms with Crippen molar-refractivity contribution in [3.8, 4) is 10.6 Å². The lowest BCUT2D eigenvalue weighted by molar-refractivity contribution is -0.131. The second-order valence-corrected chi connectivity index (χ2v) is 8.03. The number of carbonyl (C=O) groups is 1. The molecule has 2 aromatic carbocycles. The first kappa shape index (κ1) is 18.8. The van der Waals surface area contributed by atoms with Gasteiger partial charge in [-0.05, 0) is 42.5 Å². The van der Waals surface area contributed by atoms with Crippen LogP contribution in [0.5, 0.6) is 0 Å². The third kappa shape index (κ3) is 3.99. The molecule has 2 heterocycles. The molecule has 1 fully saturated rings. The van der Waals surface area contributed by atoms with Crippen LogP contribution in [0.1, 0.15) is 42.6 Å². The zero-order chi connectivity index (χ0) is 19.5. The molecule has 0 radical (unpaired) electrons. The molecular formula is C23H23FN2OS. The summed E-state index contributed by atoms with van der Waals surface area (Å²) in [6, 6.07) is 15.0. The molecule has 1 amide bonds. The Morgan fingerprint density at radius 2 is 1.93 bits per heavy atom. The van der Waals surface area contributed by atoms with Gasteiger partial charge in [0.05, 0.1) is 18.2 Å². The molecule has 0 spiro atoms. The van der Waals surface area contributed by atoms with Gasteiger partial charge in [0.2, 0.25) is 5.91 Å². The number of aromatic nitrogens is 1. The van der Waals surface area contributed by atoms with Gasteiger partial charge in [0.15, 0.2) is 0 Å². The first-order valence-electron chi connectivity index (χ1n) is 9.72. The second-order valence-electron chi connectivity index (χ2n) is 7.17. The molecular weight excluding hydrogens is 371 g/mol. The maximum absolute atomic E-state index is 13.2. The molecule has 144 valence electrons. The highest BCUT2D eigenvalue weighted by atomic mass is 32.1. The number of thiazole rings is 1. The highest BCUT2D eigenvalue weighted by Crippen LogP contribution is 2.33. The van der Waals surface area contributed by atoms with E-state index in [-0.39, 0.29) is 17.8 Å². The predicted molar refractivity (Wildman–Crippen MR) is 111 cm³/mol. The Morgan fingerprint density at radius 3 is 2.64 bits per heavy atom. The molecule has 1 aliphatic rings. The fourth-order valence-electron chi connectivity index (χ4n) is 3.76. The number of hydrogen-bond donors (Lipinski definition) is 0. The molecule has 0 saturated carbocycles. The number of hydrogen-bond acceptors (Lipinski definition) is 3. The number of rotatable bonds is 5. The number of carbonyl (C=O) groups excluding carboxylic acids is 1. The number of aryl methyl sites for hydroxylation is 1. The minimum absolute atomic E-state index is 0.0350. The van der Waals surface area contributed by atoms with Crippen LogP contribution >= 0.6 is 11.3 Å². The van der Waals surface area contributed by atoms with E-state index in [0.717, 1.165) is 47.6 Å². The third-order valence-corrected chi connectivity index (χ3v) is 6.26. The van der Waals surface area contributed by atoms with E-state index in [1.165, 1.54) is 17.7 Å². The number of benzene rings is 2. The Balaban J connectivity index is 1.45. The lowest BCUT2D eigenvalue weighted by Crippen LogP contribution is -2.31. The highest BCUT2D eigenvalue weighted by Gasteiger charge is 2.30. The van der Waals surface area contributed by atoms with Crippen LogP contribution in [0.15, 0.2) is 53.9 Å². The summed E-state index contributed by atoms with van der Waals surface area (Å²) in [4.78, 5) is 19.5. The predicted octanol–water partition coefficient (Wildman–Crippen LogP) is 5.42. The molecule has 1 saturated heterocycles. The lowest BCUT2D eigenvalue weighted by atomic mass is 10.0. The summed E-state index contributed by atoms with van der Waals surface area (Å²) in [5.41, 5.74) is 4.21. The highest BCUT2D eigenvalue weighted by molar-refractivity contribution is 7.13. The normalized spacial score (nSPS) is 16.5. The van der Waals surface area contributed by atoms with Crippen LogP contribution in [0.2, 0.25) is 0 Å². The monoisotopic (exact) mass is 394 g/mol. The van der Waals surface area contributed by atoms with Gasteiger partial charge in [-0.25, -0.2) is 9.37 Å². The summed E-state index contributed by atoms with van der Waals surface area (Å²) in [5.74, 6) is -0.161. The summed E-state index contributed by atoms with van der Waals surface area (Å²) in [6.45, 7) is 2.88. The molecule has 3 aromatic rings. The minimum atomic E-state index is -0.249. The van der Waals surface area contributed by atoms with Gasteiger partial charge < -0.3 is 4.90 Å². The molecule has 0 aliphatic carbocycles. The maximum atomic E-state index is 13.2. The Bertz CT molecular complexity index is 949. The zero-order valence-electron chi connectivity index (χ0n) is 15.9. The van der Waals surface area contributed by atoms with Crippen molar-refractivity contribution in [3.05, 3.63) is 76.5 Å². The Hall–Kier alpha value is -2.53. The van der Waals surface area contributed by atoms with Gasteiger partial charge in [0.1, 0.15) is 10.8 Å². The molecule has 1 aliphatic heterocycles. The Labute approximate surface area is 168 Å². The maximum Gasteiger partial charge on any atom is 0.229 e. The summed E-state index contributed by atoms with van der Waals surface area (Å²) in [6.07, 6.45) is 3.22. The summed E-state index contributed by atoms with van der Waals surface area (Å²) >= 11 is 1.58. The van der Waals surface area contributed by atoms with Gasteiger partial charge in [0.25, 0.3) is 0 Å². The van der Waals surface area contributed by atoms with Crippen LogP contribution in [0.3, 0.4) is 0 Å². The van der Waals surface area contributed by atoms with Gasteiger partial charge in [-0.3, -0.25) is 4.79 Å². The van der Waals surface area contributed by atoms with Crippen LogP contribution in [0, 0.1) is 5.82 Å². The third-order valence-electron chi connectivity index (χ3n) is 5.32. The molecule has 5 heteroatoms. The van der Waals surface area contributed by atoms with E-state index in [0.29, 0.717) is 6.42 Å². The number of amides is 1. The lowest BCUT2D eigenvalue weighted by Gasteiger charge is -2.25. The van der Waals surface area contributed by atoms with Crippen molar-refractivity contribution in [3.63, 3.8) is 0 Å². The summed E-state index contributed by atoms with van der Waals surface area (Å²) in [7, 11) is 0. The Kier molecular flexibility index (Phi) is 5.53. The number of halogens is 1. The van der Waals surface area contributed by atoms with Crippen molar-refractivity contribution in [2.45, 2.75) is 38.6 Å². The van der Waals surface area contributed by atoms with Crippen molar-refractivity contribution in [1.29, 1.82) is 0 Å². The standard InChI is InChI=1S/C23H23FN2OS/c1-2-16-5-7-18(8-6-16)23-25-20(15-28-23)14-22(27)26-13-3-4-21(26)17-9-11-19(24)12-10-17/h5-12,15,21H,2-4,13-14H2,1H3. The Morgan fingerprint density at radius 1 is 1.18 bits per heavy atom. The van der Waals surface area contributed by atoms with Crippen LogP contribution < -0.4 is 0 Å². The van der Waals surface area contributed by atoms with E-state index in [4.69, 9.17) is 0 Å². The van der Waals surface area contributed by atoms with Crippen molar-refractivity contribution in [2.24, 2.45) is 0 Å². The summed E-state index contributed by atoms with van der Waals surface area (Å²) < 4.78 is 13.2. The van der Waals surface area contributed by atoms with Crippen LogP contribution in [0.4, 0.5) is 4.39 Å². The summed E-state index contributed by atoms with van der Waals surface area (Å²) in [5, 5.41) is 2.92. The fourth-order valence-corrected chi connectivity index (χ4v) is 4.58. The minimum Gasteiger partial charge on any atom is -0.335 e. The topological polar surface area (TPSA) is 33.2 Å². The van der Waals surface area contributed by atoms with Crippen LogP contribution in [0.25, 0.3) is 10.6 Å². The second kappa shape index (κ2) is 8.23. The van der Waals surface area contributed by atoms with Gasteiger partial charge >= 0.3 is 0 Å². The van der Waals surface area contributed by atoms with Crippen molar-refractivity contribution in [2.75, 3.05) is 6.54 Å². The molecule has 3 nitrogen and oxygen atoms in total. The molecule has 0 bridgehead atoms. The average molecular weight is 395 g/mol. The smallest absolute Gasteiger partial charge is 0.229 e. The molecule has 1 atom stereocenters. The quantitative estimate of drug-likeness (QED) is 0.579. The molecule has 28 heavy (non-hydrogen) atoms. The van der Waals surface area contributed by atoms with Gasteiger partial charge in [0, 0.05) is 17.5 Å². The largest absolute Gasteiger partial charge is 0.335 e. The van der Waals surface area contributed by atoms with Crippen LogP contribution in [-0.4, -0.2) is 22.3 Å². The van der Waals surface area contributed by atoms with Gasteiger partial charge in [-0.1, -0.05) is 43.3 Å². The first-order valence-corrected chi connectivity index (χ1v) is 10.6. The van der Waals surface area contributed by atoms with E-state index in [1.54, 1.807) is 23.5 Å². The van der Waals surface area contributed by atoms with Crippen molar-refractivity contribution < 1.29 is 9.18 Å². The molecule has 0 N–H and O–H groups in total. The van der Waals surface area contributed by atoms with Gasteiger partial charge in [-0.2, -0.15) is 0 Å². The first-order chi connectivity index (χ1) is 13.6. The molecule has 4 rings (SSSR count). The average Bonchev–Trinajstić information content (AvgIpc) is 3.38. The number of nitrogens with zero attached hydrogens (tertiary/aromatic N) is 2. The van der Waals surface area contributed by atoms with Gasteiger partial charge in [-0.15, -0.1) is 11.3 Å². The van der Waals surface area contributed by atoms with E-state index in [1.807, 2.05) is 10.3 Å². The fraction of sp³-hybridized carbons (Fsp3) is 0.304. The van der Waals surface area contributed by atoms with Crippen molar-refractivity contribution in [1.82, 2.24) is 9.88 Å². The van der Waals surface area contributed by atoms with Crippen LogP contribution in [-0.2, 0) is 17.6 Å².